The summed E-state index contributed by atoms with van der Waals surface area (Å²) in [7, 11) is 0. The average molecular weight is 566 g/mol. The molecule has 2 amide bonds. The molecule has 5 rings (SSSR count). The number of halogens is 1. The van der Waals surface area contributed by atoms with E-state index in [4.69, 9.17) is 12.2 Å². The molecule has 2 aliphatic heterocycles. The van der Waals surface area contributed by atoms with Gasteiger partial charge in [0.2, 0.25) is 5.91 Å². The maximum atomic E-state index is 13.4. The number of fused-ring (bicyclic) bond motifs is 1. The second kappa shape index (κ2) is 9.82. The van der Waals surface area contributed by atoms with Gasteiger partial charge in [-0.2, -0.15) is 0 Å². The third kappa shape index (κ3) is 4.72. The number of amides is 2. The van der Waals surface area contributed by atoms with Gasteiger partial charge in [0, 0.05) is 40.2 Å². The quantitative estimate of drug-likeness (QED) is 0.334. The molecule has 0 unspecified atom stereocenters. The van der Waals surface area contributed by atoms with Crippen LogP contribution in [0.2, 0.25) is 0 Å². The number of rotatable bonds is 4. The van der Waals surface area contributed by atoms with E-state index >= 15 is 0 Å². The van der Waals surface area contributed by atoms with Crippen LogP contribution in [0.1, 0.15) is 36.5 Å². The topological polar surface area (TPSA) is 57.6 Å². The van der Waals surface area contributed by atoms with Crippen LogP contribution in [0.15, 0.2) is 52.8 Å². The van der Waals surface area contributed by atoms with Gasteiger partial charge < -0.3 is 14.8 Å². The molecule has 0 aliphatic carbocycles. The summed E-state index contributed by atoms with van der Waals surface area (Å²) in [6, 6.07) is 11.9. The minimum Gasteiger partial charge on any atom is -0.341 e. The van der Waals surface area contributed by atoms with Gasteiger partial charge in [-0.3, -0.25) is 14.5 Å². The van der Waals surface area contributed by atoms with Crippen molar-refractivity contribution in [3.05, 3.63) is 69.5 Å². The molecule has 36 heavy (non-hydrogen) atoms. The summed E-state index contributed by atoms with van der Waals surface area (Å²) in [5.41, 5.74) is 5.22. The van der Waals surface area contributed by atoms with Crippen LogP contribution in [0.25, 0.3) is 17.0 Å². The summed E-state index contributed by atoms with van der Waals surface area (Å²) in [6.45, 7) is 8.19. The van der Waals surface area contributed by atoms with E-state index in [0.29, 0.717) is 16.7 Å². The van der Waals surface area contributed by atoms with Crippen LogP contribution < -0.4 is 10.2 Å². The number of nitrogens with one attached hydrogen (secondary N) is 1. The van der Waals surface area contributed by atoms with Crippen molar-refractivity contribution < 1.29 is 9.59 Å². The molecule has 2 aromatic carbocycles. The number of aryl methyl sites for hydroxylation is 2. The molecule has 3 aromatic rings. The van der Waals surface area contributed by atoms with E-state index in [1.54, 1.807) is 0 Å². The van der Waals surface area contributed by atoms with Crippen LogP contribution in [-0.4, -0.2) is 39.5 Å². The molecular formula is C28H29BrN4O2S. The Morgan fingerprint density at radius 3 is 2.61 bits per heavy atom. The minimum atomic E-state index is -0.197. The van der Waals surface area contributed by atoms with Gasteiger partial charge in [0.1, 0.15) is 12.2 Å². The van der Waals surface area contributed by atoms with E-state index in [-0.39, 0.29) is 18.4 Å². The summed E-state index contributed by atoms with van der Waals surface area (Å²) in [4.78, 5) is 29.9. The molecule has 0 radical (unpaired) electrons. The number of piperidine rings is 1. The first kappa shape index (κ1) is 24.7. The third-order valence-electron chi connectivity index (χ3n) is 7.24. The molecule has 1 aromatic heterocycles. The molecule has 0 saturated carbocycles. The lowest BCUT2D eigenvalue weighted by Crippen LogP contribution is -2.39. The van der Waals surface area contributed by atoms with Gasteiger partial charge in [-0.05, 0) is 92.4 Å². The number of hydrogen-bond donors (Lipinski definition) is 1. The third-order valence-corrected chi connectivity index (χ3v) is 8.02. The Morgan fingerprint density at radius 2 is 1.89 bits per heavy atom. The van der Waals surface area contributed by atoms with Crippen LogP contribution in [-0.2, 0) is 16.1 Å². The fraction of sp³-hybridized carbons (Fsp3) is 0.321. The summed E-state index contributed by atoms with van der Waals surface area (Å²) in [5.74, 6) is 0.596. The SMILES string of the molecule is Cc1ccc(N2C(=O)/C(=C/c3cn(CC(=O)N4CCC(C)CC4)c4ccc(Br)cc34)NC2=S)cc1C. The number of likely N-dealkylation sites (tertiary alicyclic amines) is 1. The molecule has 186 valence electrons. The highest BCUT2D eigenvalue weighted by Crippen LogP contribution is 2.30. The van der Waals surface area contributed by atoms with Crippen molar-refractivity contribution >= 4 is 67.7 Å². The van der Waals surface area contributed by atoms with Crippen molar-refractivity contribution in [3.8, 4) is 0 Å². The van der Waals surface area contributed by atoms with Gasteiger partial charge >= 0.3 is 0 Å². The largest absolute Gasteiger partial charge is 0.341 e. The molecule has 1 N–H and O–H groups in total. The standard InChI is InChI=1S/C28H29BrN4O2S/c1-17-8-10-31(11-9-17)26(34)16-32-15-20(23-14-21(29)5-7-25(23)32)13-24-27(35)33(28(36)30-24)22-6-4-18(2)19(3)12-22/h4-7,12-15,17H,8-11,16H2,1-3H3,(H,30,36)/b24-13-. The van der Waals surface area contributed by atoms with Gasteiger partial charge in [-0.25, -0.2) is 0 Å². The van der Waals surface area contributed by atoms with Gasteiger partial charge in [0.15, 0.2) is 5.11 Å². The smallest absolute Gasteiger partial charge is 0.281 e. The van der Waals surface area contributed by atoms with Gasteiger partial charge in [-0.15, -0.1) is 0 Å². The number of benzene rings is 2. The Bertz CT molecular complexity index is 1420. The summed E-state index contributed by atoms with van der Waals surface area (Å²) in [6.07, 6.45) is 5.87. The minimum absolute atomic E-state index is 0.123. The van der Waals surface area contributed by atoms with E-state index in [2.05, 4.69) is 28.2 Å². The number of carbonyl (C=O) groups is 2. The Labute approximate surface area is 225 Å². The van der Waals surface area contributed by atoms with Crippen molar-refractivity contribution in [2.45, 2.75) is 40.2 Å². The van der Waals surface area contributed by atoms with Crippen LogP contribution in [0.4, 0.5) is 5.69 Å². The molecule has 2 aliphatic rings. The first-order valence-corrected chi connectivity index (χ1v) is 13.4. The summed E-state index contributed by atoms with van der Waals surface area (Å²) < 4.78 is 2.91. The summed E-state index contributed by atoms with van der Waals surface area (Å²) in [5, 5.41) is 4.41. The molecule has 6 nitrogen and oxygen atoms in total. The predicted molar refractivity (Wildman–Crippen MR) is 152 cm³/mol. The number of nitrogens with zero attached hydrogens (tertiary/aromatic N) is 3. The zero-order chi connectivity index (χ0) is 25.6. The van der Waals surface area contributed by atoms with Crippen LogP contribution in [0.5, 0.6) is 0 Å². The molecule has 0 spiro atoms. The number of aromatic nitrogens is 1. The molecule has 0 bridgehead atoms. The van der Waals surface area contributed by atoms with Crippen LogP contribution >= 0.6 is 28.1 Å². The van der Waals surface area contributed by atoms with Crippen molar-refractivity contribution in [3.63, 3.8) is 0 Å². The molecular weight excluding hydrogens is 536 g/mol. The van der Waals surface area contributed by atoms with E-state index in [1.807, 2.05) is 72.0 Å². The highest BCUT2D eigenvalue weighted by molar-refractivity contribution is 9.10. The Morgan fingerprint density at radius 1 is 1.14 bits per heavy atom. The Balaban J connectivity index is 1.46. The van der Waals surface area contributed by atoms with E-state index in [0.717, 1.165) is 63.7 Å². The second-order valence-corrected chi connectivity index (χ2v) is 11.1. The Kier molecular flexibility index (Phi) is 6.74. The van der Waals surface area contributed by atoms with Crippen molar-refractivity contribution in [2.75, 3.05) is 18.0 Å². The number of anilines is 1. The highest BCUT2D eigenvalue weighted by atomic mass is 79.9. The number of carbonyl (C=O) groups excluding carboxylic acids is 2. The van der Waals surface area contributed by atoms with Crippen LogP contribution in [0, 0.1) is 19.8 Å². The maximum Gasteiger partial charge on any atom is 0.281 e. The Hall–Kier alpha value is -2.97. The van der Waals surface area contributed by atoms with E-state index in [1.165, 1.54) is 4.90 Å². The number of hydrogen-bond acceptors (Lipinski definition) is 3. The molecule has 2 saturated heterocycles. The predicted octanol–water partition coefficient (Wildman–Crippen LogP) is 5.54. The normalized spacial score (nSPS) is 17.9. The first-order valence-electron chi connectivity index (χ1n) is 12.2. The first-order chi connectivity index (χ1) is 17.2. The second-order valence-electron chi connectivity index (χ2n) is 9.83. The molecule has 3 heterocycles. The maximum absolute atomic E-state index is 13.4. The lowest BCUT2D eigenvalue weighted by Gasteiger charge is -2.30. The molecule has 2 fully saturated rings. The molecule has 0 atom stereocenters. The van der Waals surface area contributed by atoms with Gasteiger partial charge in [0.05, 0.1) is 5.69 Å². The van der Waals surface area contributed by atoms with Crippen molar-refractivity contribution in [2.24, 2.45) is 5.92 Å². The van der Waals surface area contributed by atoms with Crippen molar-refractivity contribution in [1.82, 2.24) is 14.8 Å². The lowest BCUT2D eigenvalue weighted by atomic mass is 9.99. The average Bonchev–Trinajstić information content (AvgIpc) is 3.31. The highest BCUT2D eigenvalue weighted by Gasteiger charge is 2.32. The molecule has 8 heteroatoms. The number of thiocarbonyl (C=S) groups is 1. The van der Waals surface area contributed by atoms with Crippen LogP contribution in [0.3, 0.4) is 0 Å². The fourth-order valence-corrected chi connectivity index (χ4v) is 5.50. The zero-order valence-electron chi connectivity index (χ0n) is 20.7. The zero-order valence-corrected chi connectivity index (χ0v) is 23.1. The van der Waals surface area contributed by atoms with Gasteiger partial charge in [-0.1, -0.05) is 28.9 Å². The monoisotopic (exact) mass is 564 g/mol. The van der Waals surface area contributed by atoms with Crippen molar-refractivity contribution in [1.29, 1.82) is 0 Å². The lowest BCUT2D eigenvalue weighted by molar-refractivity contribution is -0.133. The van der Waals surface area contributed by atoms with E-state index in [9.17, 15) is 9.59 Å². The summed E-state index contributed by atoms with van der Waals surface area (Å²) >= 11 is 9.08. The van der Waals surface area contributed by atoms with Gasteiger partial charge in [0.25, 0.3) is 5.91 Å². The fourth-order valence-electron chi connectivity index (χ4n) is 4.84. The van der Waals surface area contributed by atoms with E-state index < -0.39 is 0 Å².